The number of hydrogen-bond donors (Lipinski definition) is 2. The van der Waals surface area contributed by atoms with Gasteiger partial charge in [-0.2, -0.15) is 0 Å². The van der Waals surface area contributed by atoms with Gasteiger partial charge < -0.3 is 15.2 Å². The Labute approximate surface area is 133 Å². The van der Waals surface area contributed by atoms with Crippen LogP contribution in [0.25, 0.3) is 0 Å². The quantitative estimate of drug-likeness (QED) is 0.832. The van der Waals surface area contributed by atoms with E-state index in [1.807, 2.05) is 6.07 Å². The smallest absolute Gasteiger partial charge is 0.339 e. The summed E-state index contributed by atoms with van der Waals surface area (Å²) in [4.78, 5) is 24.6. The highest BCUT2D eigenvalue weighted by Gasteiger charge is 2.31. The van der Waals surface area contributed by atoms with Crippen LogP contribution >= 0.6 is 0 Å². The molecule has 1 atom stereocenters. The first-order valence-electron chi connectivity index (χ1n) is 7.49. The lowest BCUT2D eigenvalue weighted by atomic mass is 10.1. The van der Waals surface area contributed by atoms with Gasteiger partial charge in [-0.1, -0.05) is 30.3 Å². The molecule has 0 radical (unpaired) electrons. The van der Waals surface area contributed by atoms with Crippen LogP contribution in [-0.2, 0) is 9.53 Å². The van der Waals surface area contributed by atoms with Crippen LogP contribution < -0.4 is 5.32 Å². The van der Waals surface area contributed by atoms with Gasteiger partial charge in [-0.15, -0.1) is 0 Å². The van der Waals surface area contributed by atoms with Gasteiger partial charge in [-0.3, -0.25) is 4.79 Å². The summed E-state index contributed by atoms with van der Waals surface area (Å²) in [6, 6.07) is 14.8. The molecule has 0 spiro atoms. The van der Waals surface area contributed by atoms with Crippen molar-refractivity contribution in [1.29, 1.82) is 0 Å². The van der Waals surface area contributed by atoms with Crippen LogP contribution in [0.5, 0.6) is 5.75 Å². The number of esters is 1. The second-order valence-electron chi connectivity index (χ2n) is 5.53. The molecule has 2 aromatic rings. The topological polar surface area (TPSA) is 75.6 Å². The molecule has 1 saturated carbocycles. The molecular formula is C18H17NO4. The minimum Gasteiger partial charge on any atom is -0.508 e. The van der Waals surface area contributed by atoms with E-state index in [0.717, 1.165) is 12.8 Å². The molecule has 1 aliphatic rings. The number of amides is 1. The third kappa shape index (κ3) is 3.88. The first-order valence-corrected chi connectivity index (χ1v) is 7.49. The van der Waals surface area contributed by atoms with Crippen molar-refractivity contribution >= 4 is 11.9 Å². The Morgan fingerprint density at radius 1 is 1.04 bits per heavy atom. The van der Waals surface area contributed by atoms with E-state index in [-0.39, 0.29) is 23.3 Å². The van der Waals surface area contributed by atoms with E-state index < -0.39 is 12.1 Å². The molecule has 0 bridgehead atoms. The van der Waals surface area contributed by atoms with E-state index in [0.29, 0.717) is 5.56 Å². The molecule has 0 aromatic heterocycles. The minimum absolute atomic E-state index is 0.0626. The zero-order valence-corrected chi connectivity index (χ0v) is 12.4. The van der Waals surface area contributed by atoms with E-state index in [1.54, 1.807) is 24.3 Å². The maximum atomic E-state index is 12.4. The van der Waals surface area contributed by atoms with Gasteiger partial charge in [0.25, 0.3) is 5.91 Å². The SMILES string of the molecule is O=C(O[C@H](C(=O)NC1CC1)c1ccccc1)c1ccc(O)cc1. The highest BCUT2D eigenvalue weighted by atomic mass is 16.5. The molecule has 23 heavy (non-hydrogen) atoms. The molecule has 5 nitrogen and oxygen atoms in total. The number of phenolic OH excluding ortho intramolecular Hbond substituents is 1. The third-order valence-corrected chi connectivity index (χ3v) is 3.59. The van der Waals surface area contributed by atoms with Crippen molar-refractivity contribution < 1.29 is 19.4 Å². The van der Waals surface area contributed by atoms with E-state index >= 15 is 0 Å². The molecule has 1 fully saturated rings. The summed E-state index contributed by atoms with van der Waals surface area (Å²) in [5, 5.41) is 12.1. The van der Waals surface area contributed by atoms with Gasteiger partial charge in [0.2, 0.25) is 6.10 Å². The molecule has 2 aromatic carbocycles. The molecule has 1 aliphatic carbocycles. The van der Waals surface area contributed by atoms with Crippen molar-refractivity contribution in [2.24, 2.45) is 0 Å². The molecule has 0 aliphatic heterocycles. The number of aromatic hydroxyl groups is 1. The summed E-state index contributed by atoms with van der Waals surface area (Å²) in [6.45, 7) is 0. The number of benzene rings is 2. The number of rotatable bonds is 5. The molecule has 2 N–H and O–H groups in total. The van der Waals surface area contributed by atoms with E-state index in [4.69, 9.17) is 4.74 Å². The number of phenols is 1. The molecular weight excluding hydrogens is 294 g/mol. The predicted molar refractivity (Wildman–Crippen MR) is 83.9 cm³/mol. The van der Waals surface area contributed by atoms with Crippen molar-refractivity contribution in [3.8, 4) is 5.75 Å². The lowest BCUT2D eigenvalue weighted by molar-refractivity contribution is -0.130. The van der Waals surface area contributed by atoms with Crippen LogP contribution in [0, 0.1) is 0 Å². The van der Waals surface area contributed by atoms with Crippen LogP contribution in [0.15, 0.2) is 54.6 Å². The van der Waals surface area contributed by atoms with E-state index in [2.05, 4.69) is 5.32 Å². The van der Waals surface area contributed by atoms with Crippen LogP contribution in [0.2, 0.25) is 0 Å². The van der Waals surface area contributed by atoms with Gasteiger partial charge in [0, 0.05) is 11.6 Å². The number of carbonyl (C=O) groups excluding carboxylic acids is 2. The van der Waals surface area contributed by atoms with Crippen LogP contribution in [0.4, 0.5) is 0 Å². The summed E-state index contributed by atoms with van der Waals surface area (Å²) in [6.07, 6.45) is 0.927. The van der Waals surface area contributed by atoms with Crippen LogP contribution in [0.3, 0.4) is 0 Å². The fourth-order valence-electron chi connectivity index (χ4n) is 2.18. The summed E-state index contributed by atoms with van der Waals surface area (Å²) < 4.78 is 5.42. The van der Waals surface area contributed by atoms with Crippen molar-refractivity contribution in [1.82, 2.24) is 5.32 Å². The highest BCUT2D eigenvalue weighted by molar-refractivity contribution is 5.92. The van der Waals surface area contributed by atoms with Crippen molar-refractivity contribution in [2.45, 2.75) is 25.0 Å². The average molecular weight is 311 g/mol. The monoisotopic (exact) mass is 311 g/mol. The molecule has 5 heteroatoms. The maximum Gasteiger partial charge on any atom is 0.339 e. The van der Waals surface area contributed by atoms with Gasteiger partial charge >= 0.3 is 5.97 Å². The summed E-state index contributed by atoms with van der Waals surface area (Å²) in [5.74, 6) is -0.858. The fourth-order valence-corrected chi connectivity index (χ4v) is 2.18. The number of hydrogen-bond acceptors (Lipinski definition) is 4. The van der Waals surface area contributed by atoms with Gasteiger partial charge in [-0.05, 0) is 37.1 Å². The van der Waals surface area contributed by atoms with Gasteiger partial charge in [0.15, 0.2) is 0 Å². The Morgan fingerprint density at radius 2 is 1.70 bits per heavy atom. The third-order valence-electron chi connectivity index (χ3n) is 3.59. The number of nitrogens with one attached hydrogen (secondary N) is 1. The zero-order valence-electron chi connectivity index (χ0n) is 12.4. The van der Waals surface area contributed by atoms with E-state index in [1.165, 1.54) is 24.3 Å². The lowest BCUT2D eigenvalue weighted by Crippen LogP contribution is -2.33. The summed E-state index contributed by atoms with van der Waals surface area (Å²) in [7, 11) is 0. The average Bonchev–Trinajstić information content (AvgIpc) is 3.37. The second-order valence-corrected chi connectivity index (χ2v) is 5.53. The van der Waals surface area contributed by atoms with Crippen molar-refractivity contribution in [2.75, 3.05) is 0 Å². The molecule has 0 saturated heterocycles. The van der Waals surface area contributed by atoms with Gasteiger partial charge in [0.05, 0.1) is 5.56 Å². The highest BCUT2D eigenvalue weighted by Crippen LogP contribution is 2.24. The first-order chi connectivity index (χ1) is 11.1. The van der Waals surface area contributed by atoms with Crippen LogP contribution in [0.1, 0.15) is 34.9 Å². The molecule has 3 rings (SSSR count). The first kappa shape index (κ1) is 15.1. The maximum absolute atomic E-state index is 12.4. The number of carbonyl (C=O) groups is 2. The lowest BCUT2D eigenvalue weighted by Gasteiger charge is -2.18. The molecule has 0 heterocycles. The summed E-state index contributed by atoms with van der Waals surface area (Å²) >= 11 is 0. The Morgan fingerprint density at radius 3 is 2.30 bits per heavy atom. The van der Waals surface area contributed by atoms with Gasteiger partial charge in [0.1, 0.15) is 5.75 Å². The van der Waals surface area contributed by atoms with Crippen LogP contribution in [-0.4, -0.2) is 23.0 Å². The Kier molecular flexibility index (Phi) is 4.28. The normalized spacial score (nSPS) is 14.8. The van der Waals surface area contributed by atoms with Crippen molar-refractivity contribution in [3.63, 3.8) is 0 Å². The fraction of sp³-hybridized carbons (Fsp3) is 0.222. The summed E-state index contributed by atoms with van der Waals surface area (Å²) in [5.41, 5.74) is 0.903. The Hall–Kier alpha value is -2.82. The zero-order chi connectivity index (χ0) is 16.2. The van der Waals surface area contributed by atoms with Gasteiger partial charge in [-0.25, -0.2) is 4.79 Å². The van der Waals surface area contributed by atoms with E-state index in [9.17, 15) is 14.7 Å². The minimum atomic E-state index is -0.988. The second kappa shape index (κ2) is 6.52. The van der Waals surface area contributed by atoms with Crippen molar-refractivity contribution in [3.05, 3.63) is 65.7 Å². The predicted octanol–water partition coefficient (Wildman–Crippen LogP) is 2.57. The molecule has 1 amide bonds. The Balaban J connectivity index is 1.78. The number of ether oxygens (including phenoxy) is 1. The molecule has 0 unspecified atom stereocenters. The largest absolute Gasteiger partial charge is 0.508 e. The molecule has 118 valence electrons. The Bertz CT molecular complexity index is 693. The standard InChI is InChI=1S/C18H17NO4/c20-15-10-6-13(7-11-15)18(22)23-16(12-4-2-1-3-5-12)17(21)19-14-8-9-14/h1-7,10-11,14,16,20H,8-9H2,(H,19,21)/t16-/m0/s1.